The molecule has 15 heavy (non-hydrogen) atoms. The summed E-state index contributed by atoms with van der Waals surface area (Å²) in [6.45, 7) is 3.70. The van der Waals surface area contributed by atoms with Crippen LogP contribution in [0.25, 0.3) is 0 Å². The molecule has 1 atom stereocenters. The maximum Gasteiger partial charge on any atom is 0.408 e. The minimum atomic E-state index is -1.26. The maximum atomic E-state index is 10.8. The molecule has 0 spiro atoms. The van der Waals surface area contributed by atoms with Crippen LogP contribution in [-0.4, -0.2) is 45.5 Å². The molecular formula is C9H15NO4S. The van der Waals surface area contributed by atoms with Gasteiger partial charge >= 0.3 is 12.1 Å². The minimum Gasteiger partial charge on any atom is -0.480 e. The highest BCUT2D eigenvalue weighted by molar-refractivity contribution is 7.80. The Bertz CT molecular complexity index is 273. The lowest BCUT2D eigenvalue weighted by Crippen LogP contribution is -2.45. The molecule has 0 unspecified atom stereocenters. The van der Waals surface area contributed by atoms with E-state index in [9.17, 15) is 9.59 Å². The van der Waals surface area contributed by atoms with Crippen molar-refractivity contribution in [3.05, 3.63) is 11.6 Å². The van der Waals surface area contributed by atoms with Crippen molar-refractivity contribution in [1.29, 1.82) is 0 Å². The van der Waals surface area contributed by atoms with E-state index in [4.69, 9.17) is 10.2 Å². The molecule has 2 N–H and O–H groups in total. The molecule has 5 nitrogen and oxygen atoms in total. The lowest BCUT2D eigenvalue weighted by molar-refractivity contribution is -0.141. The van der Waals surface area contributed by atoms with Crippen molar-refractivity contribution < 1.29 is 19.8 Å². The van der Waals surface area contributed by atoms with E-state index >= 15 is 0 Å². The molecule has 0 fully saturated rings. The van der Waals surface area contributed by atoms with Gasteiger partial charge in [0.25, 0.3) is 0 Å². The number of thiol groups is 1. The Balaban J connectivity index is 4.71. The molecular weight excluding hydrogens is 218 g/mol. The fourth-order valence-electron chi connectivity index (χ4n) is 0.930. The molecule has 6 heteroatoms. The van der Waals surface area contributed by atoms with Crippen molar-refractivity contribution >= 4 is 24.7 Å². The van der Waals surface area contributed by atoms with E-state index in [1.165, 1.54) is 0 Å². The molecule has 0 aromatic rings. The smallest absolute Gasteiger partial charge is 0.408 e. The summed E-state index contributed by atoms with van der Waals surface area (Å²) in [5.41, 5.74) is 0.935. The fourth-order valence-corrected chi connectivity index (χ4v) is 1.28. The zero-order chi connectivity index (χ0) is 12.0. The number of allylic oxidation sites excluding steroid dienone is 1. The Morgan fingerprint density at radius 2 is 1.93 bits per heavy atom. The summed E-state index contributed by atoms with van der Waals surface area (Å²) >= 11 is 3.83. The van der Waals surface area contributed by atoms with E-state index < -0.39 is 18.1 Å². The van der Waals surface area contributed by atoms with Gasteiger partial charge in [-0.25, -0.2) is 9.59 Å². The molecule has 0 aliphatic carbocycles. The molecule has 0 radical (unpaired) electrons. The van der Waals surface area contributed by atoms with Crippen LogP contribution < -0.4 is 0 Å². The van der Waals surface area contributed by atoms with Crippen LogP contribution >= 0.6 is 12.6 Å². The normalized spacial score (nSPS) is 11.7. The third-order valence-corrected chi connectivity index (χ3v) is 2.12. The minimum absolute atomic E-state index is 0.0434. The highest BCUT2D eigenvalue weighted by atomic mass is 32.1. The van der Waals surface area contributed by atoms with Crippen molar-refractivity contribution in [3.8, 4) is 0 Å². The van der Waals surface area contributed by atoms with Crippen LogP contribution in [0.2, 0.25) is 0 Å². The summed E-state index contributed by atoms with van der Waals surface area (Å²) in [5.74, 6) is -1.23. The number of rotatable bonds is 5. The number of carboxylic acids is 1. The van der Waals surface area contributed by atoms with E-state index in [2.05, 4.69) is 12.6 Å². The van der Waals surface area contributed by atoms with Gasteiger partial charge in [0, 0.05) is 12.3 Å². The van der Waals surface area contributed by atoms with Gasteiger partial charge in [-0.15, -0.1) is 0 Å². The van der Waals surface area contributed by atoms with Crippen LogP contribution in [0.4, 0.5) is 4.79 Å². The predicted molar refractivity (Wildman–Crippen MR) is 59.4 cm³/mol. The molecule has 0 aliphatic heterocycles. The Hall–Kier alpha value is -1.17. The van der Waals surface area contributed by atoms with Gasteiger partial charge in [0.05, 0.1) is 0 Å². The summed E-state index contributed by atoms with van der Waals surface area (Å²) in [6.07, 6.45) is 0.405. The maximum absolute atomic E-state index is 10.8. The van der Waals surface area contributed by atoms with Crippen LogP contribution in [-0.2, 0) is 4.79 Å². The summed E-state index contributed by atoms with van der Waals surface area (Å²) in [4.78, 5) is 22.4. The highest BCUT2D eigenvalue weighted by Crippen LogP contribution is 2.04. The second kappa shape index (κ2) is 6.34. The largest absolute Gasteiger partial charge is 0.480 e. The summed E-state index contributed by atoms with van der Waals surface area (Å²) in [6, 6.07) is -1.11. The Morgan fingerprint density at radius 3 is 2.20 bits per heavy atom. The van der Waals surface area contributed by atoms with Crippen LogP contribution in [0, 0.1) is 0 Å². The van der Waals surface area contributed by atoms with E-state index in [1.807, 2.05) is 13.8 Å². The third kappa shape index (κ3) is 4.73. The Kier molecular flexibility index (Phi) is 5.84. The molecule has 0 saturated carbocycles. The standard InChI is InChI=1S/C9H15NO4S/c1-6(2)3-4-10(9(13)14)7(5-15)8(11)12/h3,7,15H,4-5H2,1-2H3,(H,11,12)(H,13,14)/t7-/m0/s1. The first kappa shape index (κ1) is 13.8. The van der Waals surface area contributed by atoms with E-state index in [1.54, 1.807) is 6.08 Å². The number of amides is 1. The third-order valence-electron chi connectivity index (χ3n) is 1.78. The number of carbonyl (C=O) groups is 2. The molecule has 0 aromatic carbocycles. The molecule has 0 aromatic heterocycles. The highest BCUT2D eigenvalue weighted by Gasteiger charge is 2.27. The van der Waals surface area contributed by atoms with Crippen LogP contribution in [0.3, 0.4) is 0 Å². The number of aliphatic carboxylic acids is 1. The quantitative estimate of drug-likeness (QED) is 0.494. The molecule has 0 saturated heterocycles. The Morgan fingerprint density at radius 1 is 1.40 bits per heavy atom. The first-order chi connectivity index (χ1) is 6.90. The number of hydrogen-bond acceptors (Lipinski definition) is 3. The summed E-state index contributed by atoms with van der Waals surface area (Å²) in [7, 11) is 0. The van der Waals surface area contributed by atoms with Gasteiger partial charge in [-0.3, -0.25) is 4.90 Å². The average molecular weight is 233 g/mol. The fraction of sp³-hybridized carbons (Fsp3) is 0.556. The van der Waals surface area contributed by atoms with Gasteiger partial charge < -0.3 is 10.2 Å². The zero-order valence-electron chi connectivity index (χ0n) is 8.67. The van der Waals surface area contributed by atoms with E-state index in [0.29, 0.717) is 0 Å². The Labute approximate surface area is 93.8 Å². The summed E-state index contributed by atoms with van der Waals surface area (Å²) in [5, 5.41) is 17.6. The SMILES string of the molecule is CC(C)=CCN(C(=O)O)[C@@H](CS)C(=O)O. The van der Waals surface area contributed by atoms with Crippen molar-refractivity contribution in [2.45, 2.75) is 19.9 Å². The molecule has 0 aliphatic rings. The molecule has 1 amide bonds. The molecule has 0 heterocycles. The van der Waals surface area contributed by atoms with Gasteiger partial charge in [0.2, 0.25) is 0 Å². The van der Waals surface area contributed by atoms with E-state index in [0.717, 1.165) is 10.5 Å². The molecule has 86 valence electrons. The number of nitrogens with zero attached hydrogens (tertiary/aromatic N) is 1. The summed E-state index contributed by atoms with van der Waals surface area (Å²) < 4.78 is 0. The van der Waals surface area contributed by atoms with Gasteiger partial charge in [-0.1, -0.05) is 11.6 Å². The number of hydrogen-bond donors (Lipinski definition) is 3. The second-order valence-corrected chi connectivity index (χ2v) is 3.62. The first-order valence-corrected chi connectivity index (χ1v) is 5.00. The van der Waals surface area contributed by atoms with Gasteiger partial charge in [0.1, 0.15) is 6.04 Å². The molecule has 0 rings (SSSR count). The first-order valence-electron chi connectivity index (χ1n) is 4.36. The van der Waals surface area contributed by atoms with Crippen LogP contribution in [0.1, 0.15) is 13.8 Å². The van der Waals surface area contributed by atoms with Crippen molar-refractivity contribution in [2.24, 2.45) is 0 Å². The van der Waals surface area contributed by atoms with Crippen LogP contribution in [0.5, 0.6) is 0 Å². The van der Waals surface area contributed by atoms with Gasteiger partial charge in [0.15, 0.2) is 0 Å². The van der Waals surface area contributed by atoms with Gasteiger partial charge in [-0.05, 0) is 13.8 Å². The molecule has 0 bridgehead atoms. The second-order valence-electron chi connectivity index (χ2n) is 3.25. The van der Waals surface area contributed by atoms with Crippen LogP contribution in [0.15, 0.2) is 11.6 Å². The monoisotopic (exact) mass is 233 g/mol. The van der Waals surface area contributed by atoms with Crippen molar-refractivity contribution in [1.82, 2.24) is 4.90 Å². The number of carboxylic acid groups (broad SMARTS) is 2. The van der Waals surface area contributed by atoms with Crippen molar-refractivity contribution in [3.63, 3.8) is 0 Å². The lowest BCUT2D eigenvalue weighted by atomic mass is 10.2. The lowest BCUT2D eigenvalue weighted by Gasteiger charge is -2.23. The van der Waals surface area contributed by atoms with E-state index in [-0.39, 0.29) is 12.3 Å². The van der Waals surface area contributed by atoms with Crippen molar-refractivity contribution in [2.75, 3.05) is 12.3 Å². The average Bonchev–Trinajstić information content (AvgIpc) is 2.10. The van der Waals surface area contributed by atoms with Gasteiger partial charge in [-0.2, -0.15) is 12.6 Å². The predicted octanol–water partition coefficient (Wildman–Crippen LogP) is 1.32. The topological polar surface area (TPSA) is 77.8 Å². The zero-order valence-corrected chi connectivity index (χ0v) is 9.57.